The smallest absolute Gasteiger partial charge is 0.269 e. The number of hydrogen-bond acceptors (Lipinski definition) is 3. The zero-order chi connectivity index (χ0) is 21.4. The number of nitro groups is 1. The molecule has 4 aromatic carbocycles. The number of hydrogen-bond donors (Lipinski definition) is 1. The number of fused-ring (bicyclic) bond motifs is 2. The molecular weight excluding hydrogens is 386 g/mol. The second kappa shape index (κ2) is 7.43. The van der Waals surface area contributed by atoms with Gasteiger partial charge in [-0.25, -0.2) is 0 Å². The van der Waals surface area contributed by atoms with Crippen molar-refractivity contribution in [3.63, 3.8) is 0 Å². The van der Waals surface area contributed by atoms with E-state index in [4.69, 9.17) is 0 Å². The zero-order valence-electron chi connectivity index (χ0n) is 16.4. The maximum Gasteiger partial charge on any atom is 0.269 e. The first kappa shape index (κ1) is 18.6. The number of aromatic amines is 1. The van der Waals surface area contributed by atoms with Crippen LogP contribution in [0, 0.1) is 21.4 Å². The van der Waals surface area contributed by atoms with Crippen LogP contribution in [-0.4, -0.2) is 9.91 Å². The highest BCUT2D eigenvalue weighted by Crippen LogP contribution is 2.39. The van der Waals surface area contributed by atoms with Crippen molar-refractivity contribution in [2.24, 2.45) is 0 Å². The van der Waals surface area contributed by atoms with Crippen molar-refractivity contribution in [3.05, 3.63) is 112 Å². The van der Waals surface area contributed by atoms with Crippen LogP contribution in [-0.2, 0) is 0 Å². The highest BCUT2D eigenvalue weighted by Gasteiger charge is 2.24. The van der Waals surface area contributed by atoms with E-state index >= 15 is 0 Å². The minimum atomic E-state index is -0.571. The van der Waals surface area contributed by atoms with Crippen molar-refractivity contribution < 1.29 is 4.92 Å². The molecule has 5 heteroatoms. The summed E-state index contributed by atoms with van der Waals surface area (Å²) in [6.45, 7) is 0. The van der Waals surface area contributed by atoms with Gasteiger partial charge < -0.3 is 4.98 Å². The highest BCUT2D eigenvalue weighted by molar-refractivity contribution is 5.95. The van der Waals surface area contributed by atoms with Gasteiger partial charge in [0.15, 0.2) is 0 Å². The first-order valence-corrected chi connectivity index (χ1v) is 9.89. The van der Waals surface area contributed by atoms with Gasteiger partial charge in [-0.15, -0.1) is 0 Å². The molecule has 0 spiro atoms. The van der Waals surface area contributed by atoms with Gasteiger partial charge in [-0.1, -0.05) is 66.7 Å². The molecule has 31 heavy (non-hydrogen) atoms. The summed E-state index contributed by atoms with van der Waals surface area (Å²) in [6, 6.07) is 31.0. The first-order chi connectivity index (χ1) is 15.2. The van der Waals surface area contributed by atoms with Crippen LogP contribution in [0.2, 0.25) is 0 Å². The molecule has 148 valence electrons. The number of non-ortho nitro benzene ring substituents is 1. The Kier molecular flexibility index (Phi) is 4.46. The monoisotopic (exact) mass is 403 g/mol. The third kappa shape index (κ3) is 3.21. The molecule has 1 N–H and O–H groups in total. The lowest BCUT2D eigenvalue weighted by Crippen LogP contribution is -2.00. The number of para-hydroxylation sites is 1. The molecule has 0 amide bonds. The van der Waals surface area contributed by atoms with E-state index in [2.05, 4.69) is 41.4 Å². The SMILES string of the molecule is N#CC(c1ccc([N+](=O)[O-])cc1)c1c(-c2ccc3ccccc3c2)[nH]c2ccccc12. The summed E-state index contributed by atoms with van der Waals surface area (Å²) >= 11 is 0. The lowest BCUT2D eigenvalue weighted by Gasteiger charge is -2.13. The minimum absolute atomic E-state index is 0.00844. The number of nitro benzene ring substituents is 1. The fraction of sp³-hybridized carbons (Fsp3) is 0.0385. The topological polar surface area (TPSA) is 82.7 Å². The van der Waals surface area contributed by atoms with Gasteiger partial charge in [0.2, 0.25) is 0 Å². The molecule has 1 atom stereocenters. The normalized spacial score (nSPS) is 12.0. The number of nitriles is 1. The molecule has 1 aromatic heterocycles. The van der Waals surface area contributed by atoms with Crippen LogP contribution in [0.3, 0.4) is 0 Å². The van der Waals surface area contributed by atoms with E-state index in [1.54, 1.807) is 12.1 Å². The first-order valence-electron chi connectivity index (χ1n) is 9.89. The van der Waals surface area contributed by atoms with Gasteiger partial charge in [-0.3, -0.25) is 10.1 Å². The van der Waals surface area contributed by atoms with E-state index in [1.165, 1.54) is 12.1 Å². The molecule has 5 rings (SSSR count). The van der Waals surface area contributed by atoms with Crippen molar-refractivity contribution in [3.8, 4) is 17.3 Å². The highest BCUT2D eigenvalue weighted by atomic mass is 16.6. The van der Waals surface area contributed by atoms with Crippen molar-refractivity contribution in [1.29, 1.82) is 5.26 Å². The van der Waals surface area contributed by atoms with Crippen LogP contribution in [0.15, 0.2) is 91.0 Å². The fourth-order valence-corrected chi connectivity index (χ4v) is 4.13. The van der Waals surface area contributed by atoms with Crippen LogP contribution in [0.1, 0.15) is 17.0 Å². The molecule has 0 bridgehead atoms. The van der Waals surface area contributed by atoms with E-state index in [-0.39, 0.29) is 5.69 Å². The fourth-order valence-electron chi connectivity index (χ4n) is 4.13. The van der Waals surface area contributed by atoms with Crippen LogP contribution in [0.25, 0.3) is 32.9 Å². The maximum atomic E-state index is 11.0. The predicted molar refractivity (Wildman–Crippen MR) is 122 cm³/mol. The van der Waals surface area contributed by atoms with Crippen LogP contribution >= 0.6 is 0 Å². The molecule has 5 nitrogen and oxygen atoms in total. The Morgan fingerprint density at radius 3 is 2.32 bits per heavy atom. The van der Waals surface area contributed by atoms with E-state index in [9.17, 15) is 15.4 Å². The van der Waals surface area contributed by atoms with Crippen molar-refractivity contribution in [2.75, 3.05) is 0 Å². The van der Waals surface area contributed by atoms with E-state index in [1.807, 2.05) is 36.4 Å². The van der Waals surface area contributed by atoms with Gasteiger partial charge in [-0.05, 0) is 34.0 Å². The van der Waals surface area contributed by atoms with Gasteiger partial charge in [0.25, 0.3) is 5.69 Å². The second-order valence-electron chi connectivity index (χ2n) is 7.43. The minimum Gasteiger partial charge on any atom is -0.354 e. The summed E-state index contributed by atoms with van der Waals surface area (Å²) in [5.74, 6) is -0.571. The molecular formula is C26H17N3O2. The lowest BCUT2D eigenvalue weighted by atomic mass is 9.88. The predicted octanol–water partition coefficient (Wildman–Crippen LogP) is 6.55. The van der Waals surface area contributed by atoms with Gasteiger partial charge in [0, 0.05) is 28.6 Å². The summed E-state index contributed by atoms with van der Waals surface area (Å²) < 4.78 is 0. The largest absolute Gasteiger partial charge is 0.354 e. The number of aromatic nitrogens is 1. The quantitative estimate of drug-likeness (QED) is 0.273. The number of H-pyrrole nitrogens is 1. The molecule has 0 fully saturated rings. The standard InChI is InChI=1S/C26H17N3O2/c27-16-23(18-11-13-21(14-12-18)29(30)31)25-22-7-3-4-8-24(22)28-26(25)20-10-9-17-5-1-2-6-19(17)15-20/h1-15,23,28H. The second-order valence-corrected chi connectivity index (χ2v) is 7.43. The molecule has 5 aromatic rings. The summed E-state index contributed by atoms with van der Waals surface area (Å²) in [4.78, 5) is 14.1. The Hall–Kier alpha value is -4.43. The number of nitrogens with zero attached hydrogens (tertiary/aromatic N) is 2. The van der Waals surface area contributed by atoms with E-state index < -0.39 is 10.8 Å². The zero-order valence-corrected chi connectivity index (χ0v) is 16.4. The van der Waals surface area contributed by atoms with Crippen molar-refractivity contribution in [2.45, 2.75) is 5.92 Å². The Bertz CT molecular complexity index is 1480. The Morgan fingerprint density at radius 1 is 0.871 bits per heavy atom. The summed E-state index contributed by atoms with van der Waals surface area (Å²) in [5.41, 5.74) is 4.43. The van der Waals surface area contributed by atoms with Gasteiger partial charge in [0.05, 0.1) is 22.6 Å². The van der Waals surface area contributed by atoms with Crippen LogP contribution < -0.4 is 0 Å². The number of benzene rings is 4. The molecule has 0 radical (unpaired) electrons. The third-order valence-electron chi connectivity index (χ3n) is 5.64. The van der Waals surface area contributed by atoms with Gasteiger partial charge in [-0.2, -0.15) is 5.26 Å². The third-order valence-corrected chi connectivity index (χ3v) is 5.64. The molecule has 0 saturated heterocycles. The average molecular weight is 403 g/mol. The maximum absolute atomic E-state index is 11.0. The van der Waals surface area contributed by atoms with Crippen LogP contribution in [0.4, 0.5) is 5.69 Å². The number of rotatable bonds is 4. The van der Waals surface area contributed by atoms with Gasteiger partial charge >= 0.3 is 0 Å². The summed E-state index contributed by atoms with van der Waals surface area (Å²) in [6.07, 6.45) is 0. The molecule has 1 unspecified atom stereocenters. The van der Waals surface area contributed by atoms with Crippen molar-refractivity contribution >= 4 is 27.4 Å². The Balaban J connectivity index is 1.73. The molecule has 0 aliphatic heterocycles. The van der Waals surface area contributed by atoms with E-state index in [0.29, 0.717) is 0 Å². The molecule has 0 aliphatic rings. The molecule has 0 saturated carbocycles. The van der Waals surface area contributed by atoms with E-state index in [0.717, 1.165) is 44.1 Å². The Morgan fingerprint density at radius 2 is 1.58 bits per heavy atom. The Labute approximate surface area is 178 Å². The van der Waals surface area contributed by atoms with Crippen molar-refractivity contribution in [1.82, 2.24) is 4.98 Å². The van der Waals surface area contributed by atoms with Gasteiger partial charge in [0.1, 0.15) is 0 Å². The summed E-state index contributed by atoms with van der Waals surface area (Å²) in [5, 5.41) is 24.4. The molecule has 1 heterocycles. The summed E-state index contributed by atoms with van der Waals surface area (Å²) in [7, 11) is 0. The number of nitrogens with one attached hydrogen (secondary N) is 1. The average Bonchev–Trinajstić information content (AvgIpc) is 3.19. The van der Waals surface area contributed by atoms with Crippen LogP contribution in [0.5, 0.6) is 0 Å². The molecule has 0 aliphatic carbocycles. The lowest BCUT2D eigenvalue weighted by molar-refractivity contribution is -0.384.